The minimum absolute atomic E-state index is 0.00494. The van der Waals surface area contributed by atoms with Gasteiger partial charge in [-0.3, -0.25) is 4.79 Å². The number of hydrogen-bond acceptors (Lipinski definition) is 7. The zero-order valence-electron chi connectivity index (χ0n) is 17.7. The number of aromatic nitrogens is 1. The number of nitrogens with one attached hydrogen (secondary N) is 1. The first-order valence-corrected chi connectivity index (χ1v) is 10.6. The molecule has 2 aromatic heterocycles. The lowest BCUT2D eigenvalue weighted by atomic mass is 9.97. The summed E-state index contributed by atoms with van der Waals surface area (Å²) in [6, 6.07) is 15.2. The Hall–Kier alpha value is -3.81. The van der Waals surface area contributed by atoms with Gasteiger partial charge in [-0.05, 0) is 43.0 Å². The molecule has 0 bridgehead atoms. The van der Waals surface area contributed by atoms with Crippen molar-refractivity contribution < 1.29 is 18.4 Å². The van der Waals surface area contributed by atoms with E-state index in [2.05, 4.69) is 15.2 Å². The Labute approximate surface area is 183 Å². The van der Waals surface area contributed by atoms with E-state index in [9.17, 15) is 9.59 Å². The van der Waals surface area contributed by atoms with Crippen LogP contribution < -0.4 is 20.6 Å². The Morgan fingerprint density at radius 2 is 1.97 bits per heavy atom. The van der Waals surface area contributed by atoms with Gasteiger partial charge in [0.05, 0.1) is 7.11 Å². The predicted octanol–water partition coefficient (Wildman–Crippen LogP) is 3.59. The highest BCUT2D eigenvalue weighted by Gasteiger charge is 2.24. The van der Waals surface area contributed by atoms with Crippen molar-refractivity contribution in [3.05, 3.63) is 64.5 Å². The molecule has 8 heteroatoms. The summed E-state index contributed by atoms with van der Waals surface area (Å²) >= 11 is 0. The number of nitrogens with zero attached hydrogens (tertiary/aromatic N) is 2. The maximum absolute atomic E-state index is 12.7. The number of rotatable bonds is 5. The molecule has 1 aliphatic heterocycles. The SMILES string of the molecule is COc1cccc2cc(C(=O)NCC3CCN(c4nc5ccccc5o4)CC3)c(=O)oc12. The molecule has 3 heterocycles. The lowest BCUT2D eigenvalue weighted by molar-refractivity contribution is 0.0941. The molecule has 2 aromatic carbocycles. The molecule has 0 aliphatic carbocycles. The predicted molar refractivity (Wildman–Crippen MR) is 120 cm³/mol. The number of benzene rings is 2. The van der Waals surface area contributed by atoms with Crippen LogP contribution in [0.1, 0.15) is 23.2 Å². The number of anilines is 1. The molecule has 4 aromatic rings. The Morgan fingerprint density at radius 1 is 1.16 bits per heavy atom. The van der Waals surface area contributed by atoms with Crippen molar-refractivity contribution in [1.29, 1.82) is 0 Å². The lowest BCUT2D eigenvalue weighted by Crippen LogP contribution is -2.39. The van der Waals surface area contributed by atoms with Crippen molar-refractivity contribution in [3.8, 4) is 5.75 Å². The number of amides is 1. The van der Waals surface area contributed by atoms with Gasteiger partial charge in [-0.1, -0.05) is 24.3 Å². The van der Waals surface area contributed by atoms with Gasteiger partial charge in [0.2, 0.25) is 0 Å². The number of ether oxygens (including phenoxy) is 1. The summed E-state index contributed by atoms with van der Waals surface area (Å²) in [5.74, 6) is 0.342. The molecule has 0 unspecified atom stereocenters. The van der Waals surface area contributed by atoms with E-state index in [4.69, 9.17) is 13.6 Å². The van der Waals surface area contributed by atoms with Crippen molar-refractivity contribution in [2.45, 2.75) is 12.8 Å². The van der Waals surface area contributed by atoms with E-state index in [0.717, 1.165) is 37.0 Å². The van der Waals surface area contributed by atoms with Gasteiger partial charge in [0, 0.05) is 25.0 Å². The smallest absolute Gasteiger partial charge is 0.349 e. The minimum atomic E-state index is -0.676. The zero-order valence-corrected chi connectivity index (χ0v) is 17.7. The molecule has 8 nitrogen and oxygen atoms in total. The number of fused-ring (bicyclic) bond motifs is 2. The molecule has 32 heavy (non-hydrogen) atoms. The van der Waals surface area contributed by atoms with E-state index >= 15 is 0 Å². The molecule has 1 aliphatic rings. The average molecular weight is 433 g/mol. The summed E-state index contributed by atoms with van der Waals surface area (Å²) in [5, 5.41) is 3.53. The van der Waals surface area contributed by atoms with Crippen LogP contribution in [0.25, 0.3) is 22.1 Å². The highest BCUT2D eigenvalue weighted by molar-refractivity contribution is 5.97. The summed E-state index contributed by atoms with van der Waals surface area (Å²) < 4.78 is 16.4. The number of oxazole rings is 1. The van der Waals surface area contributed by atoms with Crippen molar-refractivity contribution in [2.24, 2.45) is 5.92 Å². The summed E-state index contributed by atoms with van der Waals surface area (Å²) in [6.45, 7) is 2.09. The van der Waals surface area contributed by atoms with Crippen LogP contribution in [0.15, 0.2) is 62.2 Å². The minimum Gasteiger partial charge on any atom is -0.493 e. The molecule has 1 amide bonds. The first-order chi connectivity index (χ1) is 15.6. The molecule has 0 radical (unpaired) electrons. The first kappa shape index (κ1) is 20.1. The molecule has 164 valence electrons. The molecule has 1 saturated heterocycles. The van der Waals surface area contributed by atoms with E-state index in [1.807, 2.05) is 24.3 Å². The standard InChI is InChI=1S/C24H23N3O5/c1-30-20-8-4-5-16-13-17(23(29)32-21(16)20)22(28)25-14-15-9-11-27(12-10-15)24-26-18-6-2-3-7-19(18)31-24/h2-8,13,15H,9-12,14H2,1H3,(H,25,28). The van der Waals surface area contributed by atoms with Gasteiger partial charge in [-0.25, -0.2) is 4.79 Å². The average Bonchev–Trinajstić information content (AvgIpc) is 3.26. The fraction of sp³-hybridized carbons (Fsp3) is 0.292. The van der Waals surface area contributed by atoms with Crippen molar-refractivity contribution in [1.82, 2.24) is 10.3 Å². The van der Waals surface area contributed by atoms with Crippen LogP contribution in [0.3, 0.4) is 0 Å². The highest BCUT2D eigenvalue weighted by Crippen LogP contribution is 2.27. The van der Waals surface area contributed by atoms with Gasteiger partial charge in [0.1, 0.15) is 11.1 Å². The number of methoxy groups -OCH3 is 1. The Balaban J connectivity index is 1.21. The van der Waals surface area contributed by atoms with Gasteiger partial charge in [-0.15, -0.1) is 0 Å². The van der Waals surface area contributed by atoms with E-state index in [0.29, 0.717) is 35.2 Å². The lowest BCUT2D eigenvalue weighted by Gasteiger charge is -2.30. The van der Waals surface area contributed by atoms with E-state index in [-0.39, 0.29) is 5.56 Å². The summed E-state index contributed by atoms with van der Waals surface area (Å²) in [6.07, 6.45) is 1.78. The summed E-state index contributed by atoms with van der Waals surface area (Å²) in [4.78, 5) is 31.7. The van der Waals surface area contributed by atoms with Gasteiger partial charge in [-0.2, -0.15) is 4.98 Å². The molecule has 1 N–H and O–H groups in total. The molecular weight excluding hydrogens is 410 g/mol. The van der Waals surface area contributed by atoms with Gasteiger partial charge in [0.25, 0.3) is 11.9 Å². The second-order valence-electron chi connectivity index (χ2n) is 7.93. The maximum Gasteiger partial charge on any atom is 0.349 e. The van der Waals surface area contributed by atoms with E-state index in [1.165, 1.54) is 7.11 Å². The van der Waals surface area contributed by atoms with Crippen molar-refractivity contribution >= 4 is 34.0 Å². The third-order valence-electron chi connectivity index (χ3n) is 5.91. The van der Waals surface area contributed by atoms with Crippen LogP contribution in [0.2, 0.25) is 0 Å². The van der Waals surface area contributed by atoms with E-state index in [1.54, 1.807) is 24.3 Å². The Bertz CT molecular complexity index is 1300. The molecular formula is C24H23N3O5. The van der Waals surface area contributed by atoms with Gasteiger partial charge in [0.15, 0.2) is 16.9 Å². The fourth-order valence-corrected chi connectivity index (χ4v) is 4.09. The zero-order chi connectivity index (χ0) is 22.1. The Morgan fingerprint density at radius 3 is 2.75 bits per heavy atom. The molecule has 5 rings (SSSR count). The number of para-hydroxylation sites is 3. The first-order valence-electron chi connectivity index (χ1n) is 10.6. The van der Waals surface area contributed by atoms with Crippen LogP contribution in [-0.4, -0.2) is 37.6 Å². The van der Waals surface area contributed by atoms with Crippen LogP contribution in [0.4, 0.5) is 6.01 Å². The largest absolute Gasteiger partial charge is 0.493 e. The quantitative estimate of drug-likeness (QED) is 0.480. The fourth-order valence-electron chi connectivity index (χ4n) is 4.09. The monoisotopic (exact) mass is 433 g/mol. The van der Waals surface area contributed by atoms with Crippen molar-refractivity contribution in [2.75, 3.05) is 31.6 Å². The second-order valence-corrected chi connectivity index (χ2v) is 7.93. The normalized spacial score (nSPS) is 14.7. The van der Waals surface area contributed by atoms with Crippen LogP contribution in [0.5, 0.6) is 5.75 Å². The molecule has 0 saturated carbocycles. The van der Waals surface area contributed by atoms with E-state index < -0.39 is 11.5 Å². The maximum atomic E-state index is 12.7. The third kappa shape index (κ3) is 3.79. The number of hydrogen-bond donors (Lipinski definition) is 1. The summed E-state index contributed by atoms with van der Waals surface area (Å²) in [5.41, 5.74) is 1.29. The Kier molecular flexibility index (Phi) is 5.26. The van der Waals surface area contributed by atoms with Crippen molar-refractivity contribution in [3.63, 3.8) is 0 Å². The van der Waals surface area contributed by atoms with Crippen LogP contribution in [-0.2, 0) is 0 Å². The highest BCUT2D eigenvalue weighted by atomic mass is 16.5. The third-order valence-corrected chi connectivity index (χ3v) is 5.91. The summed E-state index contributed by atoms with van der Waals surface area (Å²) in [7, 11) is 1.50. The molecule has 0 atom stereocenters. The van der Waals surface area contributed by atoms with Gasteiger partial charge < -0.3 is 23.8 Å². The second kappa shape index (κ2) is 8.37. The topological polar surface area (TPSA) is 97.8 Å². The molecule has 1 fully saturated rings. The number of carbonyl (C=O) groups is 1. The van der Waals surface area contributed by atoms with Gasteiger partial charge >= 0.3 is 5.63 Å². The molecule has 0 spiro atoms. The van der Waals surface area contributed by atoms with Crippen LogP contribution >= 0.6 is 0 Å². The van der Waals surface area contributed by atoms with Crippen LogP contribution in [0, 0.1) is 5.92 Å². The number of piperidine rings is 1. The number of carbonyl (C=O) groups excluding carboxylic acids is 1.